The molecule has 0 atom stereocenters. The van der Waals surface area contributed by atoms with E-state index in [1.807, 2.05) is 50.2 Å². The number of carbonyl (C=O) groups is 1. The second kappa shape index (κ2) is 18.8. The van der Waals surface area contributed by atoms with Crippen molar-refractivity contribution in [1.82, 2.24) is 39.0 Å². The van der Waals surface area contributed by atoms with Gasteiger partial charge in [-0.1, -0.05) is 35.9 Å². The van der Waals surface area contributed by atoms with E-state index in [1.54, 1.807) is 0 Å². The van der Waals surface area contributed by atoms with E-state index in [2.05, 4.69) is 87.5 Å². The van der Waals surface area contributed by atoms with Gasteiger partial charge in [-0.3, -0.25) is 4.79 Å². The van der Waals surface area contributed by atoms with Crippen LogP contribution in [-0.4, -0.2) is 71.7 Å². The summed E-state index contributed by atoms with van der Waals surface area (Å²) in [5.74, 6) is 12.4. The molecule has 4 aromatic heterocycles. The topological polar surface area (TPSA) is 181 Å². The first-order valence-electron chi connectivity index (χ1n) is 15.6. The Labute approximate surface area is 386 Å². The number of rotatable bonds is 6. The van der Waals surface area contributed by atoms with Crippen LogP contribution in [0.1, 0.15) is 36.6 Å². The zero-order valence-electron chi connectivity index (χ0n) is 30.5. The van der Waals surface area contributed by atoms with E-state index in [9.17, 15) is 0 Å². The molecule has 2 aliphatic heterocycles. The summed E-state index contributed by atoms with van der Waals surface area (Å²) in [6.07, 6.45) is 0. The maximum atomic E-state index is 8.64. The number of para-hydroxylation sites is 4. The Morgan fingerprint density at radius 3 is 1.63 bits per heavy atom. The molecule has 0 radical (unpaired) electrons. The van der Waals surface area contributed by atoms with E-state index in [0.29, 0.717) is 34.5 Å². The number of aryl methyl sites for hydroxylation is 4. The molecule has 6 heterocycles. The first-order chi connectivity index (χ1) is 23.7. The Bertz CT molecular complexity index is 2090. The number of anilines is 3. The summed E-state index contributed by atoms with van der Waals surface area (Å²) in [5, 5.41) is 8.92. The zero-order valence-corrected chi connectivity index (χ0v) is 36.5. The van der Waals surface area contributed by atoms with Crippen LogP contribution >= 0.6 is 11.6 Å². The molecular weight excluding hydrogens is 726 g/mol. The average molecular weight is 763 g/mol. The summed E-state index contributed by atoms with van der Waals surface area (Å²) >= 11 is 6.01. The standard InChI is InChI=1S/C16H16ClN5.C16H19N7.CH2O3.2K.H/c1-10-18-14(17)7-15(19-10)22-8-11(9-22)16-20-12-5-3-4-6-13(12)21(16)2;1-10-18-14(21-17)7-15(19-10)23-8-11(9-23)16-20-12-5-3-4-6-13(12)22(16)2;2-1-4-3;;;/h3-7,11H,8-9H2,1-2H3;3-7,11H,8-9,17H2,1-2H3,(H,18,19,21);1,3H;;;/q;;;2*+1;-1/p-1. The molecule has 0 bridgehead atoms. The number of hydrogen-bond donors (Lipinski definition) is 2. The summed E-state index contributed by atoms with van der Waals surface area (Å²) in [6.45, 7) is 7.16. The minimum Gasteiger partial charge on any atom is -1.00 e. The van der Waals surface area contributed by atoms with Gasteiger partial charge in [0.25, 0.3) is 6.47 Å². The van der Waals surface area contributed by atoms with Gasteiger partial charge in [-0.2, -0.15) is 0 Å². The molecule has 2 aliphatic rings. The van der Waals surface area contributed by atoms with Gasteiger partial charge in [0.2, 0.25) is 0 Å². The van der Waals surface area contributed by atoms with Gasteiger partial charge in [0.05, 0.1) is 33.9 Å². The first-order valence-corrected chi connectivity index (χ1v) is 15.9. The van der Waals surface area contributed by atoms with Crippen LogP contribution in [0.2, 0.25) is 5.15 Å². The molecule has 51 heavy (non-hydrogen) atoms. The third-order valence-corrected chi connectivity index (χ3v) is 8.78. The van der Waals surface area contributed by atoms with Crippen molar-refractivity contribution < 1.29 is 119 Å². The van der Waals surface area contributed by atoms with Gasteiger partial charge in [0.15, 0.2) is 0 Å². The fourth-order valence-corrected chi connectivity index (χ4v) is 6.40. The summed E-state index contributed by atoms with van der Waals surface area (Å²) in [7, 11) is 4.16. The summed E-state index contributed by atoms with van der Waals surface area (Å²) in [6, 6.07) is 20.2. The van der Waals surface area contributed by atoms with Crippen LogP contribution in [0.3, 0.4) is 0 Å². The van der Waals surface area contributed by atoms with Crippen molar-refractivity contribution in [3.63, 3.8) is 0 Å². The van der Waals surface area contributed by atoms with Gasteiger partial charge < -0.3 is 35.9 Å². The molecule has 0 aliphatic carbocycles. The van der Waals surface area contributed by atoms with Crippen molar-refractivity contribution in [2.45, 2.75) is 25.7 Å². The van der Waals surface area contributed by atoms with Crippen molar-refractivity contribution in [1.29, 1.82) is 0 Å². The minimum atomic E-state index is -0.181. The first kappa shape index (κ1) is 41.6. The number of nitrogens with two attached hydrogens (primary N) is 1. The average Bonchev–Trinajstić information content (AvgIpc) is 3.55. The van der Waals surface area contributed by atoms with Gasteiger partial charge in [0, 0.05) is 52.4 Å². The predicted molar refractivity (Wildman–Crippen MR) is 186 cm³/mol. The van der Waals surface area contributed by atoms with E-state index in [0.717, 1.165) is 60.5 Å². The summed E-state index contributed by atoms with van der Waals surface area (Å²) < 4.78 is 4.38. The number of hydrogen-bond acceptors (Lipinski definition) is 13. The van der Waals surface area contributed by atoms with E-state index in [4.69, 9.17) is 37.5 Å². The fraction of sp³-hybridized carbons (Fsp3) is 0.303. The number of halogens is 1. The normalized spacial score (nSPS) is 13.8. The minimum absolute atomic E-state index is 0. The van der Waals surface area contributed by atoms with Gasteiger partial charge in [-0.05, 0) is 38.1 Å². The van der Waals surface area contributed by atoms with Crippen LogP contribution in [0.15, 0.2) is 60.7 Å². The van der Waals surface area contributed by atoms with E-state index < -0.39 is 0 Å². The van der Waals surface area contributed by atoms with Crippen LogP contribution in [0.5, 0.6) is 0 Å². The summed E-state index contributed by atoms with van der Waals surface area (Å²) in [5.41, 5.74) is 7.05. The molecule has 18 heteroatoms. The number of nitrogen functional groups attached to an aromatic ring is 1. The zero-order chi connectivity index (χ0) is 34.7. The number of carbonyl (C=O) groups excluding carboxylic acids is 1. The Kier molecular flexibility index (Phi) is 15.3. The molecular formula is C33H37ClK2N12O3. The van der Waals surface area contributed by atoms with Crippen LogP contribution in [0, 0.1) is 13.8 Å². The smallest absolute Gasteiger partial charge is 1.00 e. The van der Waals surface area contributed by atoms with Crippen molar-refractivity contribution in [3.8, 4) is 0 Å². The molecule has 0 spiro atoms. The van der Waals surface area contributed by atoms with Crippen molar-refractivity contribution in [2.24, 2.45) is 19.9 Å². The SMILES string of the molecule is Cc1nc(Cl)cc(N2CC(c3nc4ccccc4n3C)C2)n1.Cc1nc(NN)cc(N2CC(c3nc4ccccc4n3C)C2)n1.O=CO[O-].[H-].[K+].[K+]. The number of fused-ring (bicyclic) bond motifs is 2. The molecule has 3 N–H and O–H groups in total. The third kappa shape index (κ3) is 9.53. The second-order valence-electron chi connectivity index (χ2n) is 11.8. The van der Waals surface area contributed by atoms with E-state index in [-0.39, 0.29) is 111 Å². The summed E-state index contributed by atoms with van der Waals surface area (Å²) in [4.78, 5) is 42.5. The Hall–Kier alpha value is -2.11. The molecule has 2 aromatic carbocycles. The molecule has 15 nitrogen and oxygen atoms in total. The molecule has 0 saturated carbocycles. The van der Waals surface area contributed by atoms with Crippen LogP contribution in [-0.2, 0) is 23.8 Å². The number of hydrazine groups is 1. The quantitative estimate of drug-likeness (QED) is 0.0440. The van der Waals surface area contributed by atoms with Gasteiger partial charge in [-0.25, -0.2) is 35.7 Å². The fourth-order valence-electron chi connectivity index (χ4n) is 6.18. The number of benzene rings is 2. The third-order valence-electron chi connectivity index (χ3n) is 8.59. The van der Waals surface area contributed by atoms with Crippen LogP contribution in [0.4, 0.5) is 17.5 Å². The Morgan fingerprint density at radius 1 is 0.784 bits per heavy atom. The maximum Gasteiger partial charge on any atom is 1.00 e. The molecule has 8 rings (SSSR count). The number of nitrogens with zero attached hydrogens (tertiary/aromatic N) is 10. The van der Waals surface area contributed by atoms with Gasteiger partial charge in [0.1, 0.15) is 45.9 Å². The van der Waals surface area contributed by atoms with Crippen LogP contribution < -0.4 is 129 Å². The molecule has 0 amide bonds. The Morgan fingerprint density at radius 2 is 1.22 bits per heavy atom. The monoisotopic (exact) mass is 762 g/mol. The van der Waals surface area contributed by atoms with Gasteiger partial charge in [-0.15, -0.1) is 0 Å². The predicted octanol–water partition coefficient (Wildman–Crippen LogP) is -2.95. The van der Waals surface area contributed by atoms with E-state index in [1.165, 1.54) is 11.0 Å². The van der Waals surface area contributed by atoms with Gasteiger partial charge >= 0.3 is 103 Å². The van der Waals surface area contributed by atoms with Crippen molar-refractivity contribution >= 4 is 57.6 Å². The second-order valence-corrected chi connectivity index (χ2v) is 12.2. The number of aromatic nitrogens is 8. The van der Waals surface area contributed by atoms with Crippen molar-refractivity contribution in [2.75, 3.05) is 41.4 Å². The van der Waals surface area contributed by atoms with Crippen LogP contribution in [0.25, 0.3) is 22.1 Å². The molecule has 6 aromatic rings. The molecule has 2 fully saturated rings. The number of imidazole rings is 2. The molecule has 0 unspecified atom stereocenters. The molecule has 2 saturated heterocycles. The van der Waals surface area contributed by atoms with E-state index >= 15 is 0 Å². The largest absolute Gasteiger partial charge is 1.00 e. The Balaban J connectivity index is 0.000000242. The molecule has 256 valence electrons. The number of nitrogens with one attached hydrogen (secondary N) is 1. The maximum absolute atomic E-state index is 8.64. The van der Waals surface area contributed by atoms with Crippen molar-refractivity contribution in [3.05, 3.63) is 89.1 Å².